The first-order valence-corrected chi connectivity index (χ1v) is 11.7. The molecule has 0 spiro atoms. The molecule has 6 nitrogen and oxygen atoms in total. The van der Waals surface area contributed by atoms with Crippen molar-refractivity contribution in [3.8, 4) is 0 Å². The van der Waals surface area contributed by atoms with Crippen molar-refractivity contribution in [2.24, 2.45) is 0 Å². The number of hydrogen-bond donors (Lipinski definition) is 1. The molecule has 0 aliphatic heterocycles. The highest BCUT2D eigenvalue weighted by atomic mass is 79.9. The minimum atomic E-state index is -4.05. The van der Waals surface area contributed by atoms with Gasteiger partial charge in [-0.25, -0.2) is 8.42 Å². The van der Waals surface area contributed by atoms with E-state index >= 15 is 0 Å². The minimum Gasteiger partial charge on any atom is -0.264 e. The molecule has 31 heavy (non-hydrogen) atoms. The monoisotopic (exact) mass is 500 g/mol. The molecule has 0 aromatic heterocycles. The molecule has 3 aromatic rings. The van der Waals surface area contributed by atoms with E-state index in [1.54, 1.807) is 66.7 Å². The van der Waals surface area contributed by atoms with Crippen LogP contribution in [0.1, 0.15) is 22.7 Å². The lowest BCUT2D eigenvalue weighted by molar-refractivity contribution is -0.510. The van der Waals surface area contributed by atoms with Gasteiger partial charge in [-0.1, -0.05) is 88.7 Å². The van der Waals surface area contributed by atoms with E-state index in [1.807, 2.05) is 6.92 Å². The highest BCUT2D eigenvalue weighted by Gasteiger charge is 2.39. The second-order valence-corrected chi connectivity index (χ2v) is 9.62. The van der Waals surface area contributed by atoms with Crippen LogP contribution in [0.15, 0.2) is 94.8 Å². The molecule has 0 radical (unpaired) electrons. The molecular formula is C23H21BrN2O4S. The Morgan fingerprint density at radius 3 is 2.16 bits per heavy atom. The molecule has 1 N–H and O–H groups in total. The Bertz CT molecular complexity index is 1200. The van der Waals surface area contributed by atoms with Gasteiger partial charge in [-0.2, -0.15) is 4.72 Å². The summed E-state index contributed by atoms with van der Waals surface area (Å²) < 4.78 is 29.4. The molecule has 3 rings (SSSR count). The van der Waals surface area contributed by atoms with Gasteiger partial charge in [0.05, 0.1) is 4.90 Å². The zero-order chi connectivity index (χ0) is 22.6. The zero-order valence-corrected chi connectivity index (χ0v) is 19.1. The maximum atomic E-state index is 13.1. The summed E-state index contributed by atoms with van der Waals surface area (Å²) in [5, 5.41) is 12.2. The highest BCUT2D eigenvalue weighted by molar-refractivity contribution is 9.10. The van der Waals surface area contributed by atoms with Crippen molar-refractivity contribution in [1.29, 1.82) is 0 Å². The van der Waals surface area contributed by atoms with Crippen molar-refractivity contribution in [2.75, 3.05) is 0 Å². The minimum absolute atomic E-state index is 0.0302. The van der Waals surface area contributed by atoms with Gasteiger partial charge in [0.2, 0.25) is 10.0 Å². The van der Waals surface area contributed by atoms with E-state index in [0.717, 1.165) is 5.56 Å². The molecule has 0 heterocycles. The molecule has 8 heteroatoms. The molecular weight excluding hydrogens is 480 g/mol. The Balaban J connectivity index is 2.11. The Morgan fingerprint density at radius 2 is 1.58 bits per heavy atom. The van der Waals surface area contributed by atoms with Crippen LogP contribution in [0.2, 0.25) is 0 Å². The van der Waals surface area contributed by atoms with Gasteiger partial charge in [0.15, 0.2) is 0 Å². The van der Waals surface area contributed by atoms with Gasteiger partial charge in [-0.15, -0.1) is 0 Å². The van der Waals surface area contributed by atoms with Crippen LogP contribution >= 0.6 is 15.9 Å². The SMILES string of the molecule is C=C(c1ccccc1)[C@H]([C@H](NS(=O)(=O)c1ccc(C)cc1)c1ccccc1Br)[N+](=O)[O-]. The van der Waals surface area contributed by atoms with Gasteiger partial charge in [0.1, 0.15) is 6.04 Å². The first-order valence-electron chi connectivity index (χ1n) is 9.42. The van der Waals surface area contributed by atoms with E-state index in [1.165, 1.54) is 12.1 Å². The third-order valence-corrected chi connectivity index (χ3v) is 7.08. The Morgan fingerprint density at radius 1 is 1.00 bits per heavy atom. The lowest BCUT2D eigenvalue weighted by Gasteiger charge is -2.25. The average Bonchev–Trinajstić information content (AvgIpc) is 2.74. The summed E-state index contributed by atoms with van der Waals surface area (Å²) >= 11 is 3.41. The fourth-order valence-corrected chi connectivity index (χ4v) is 5.00. The van der Waals surface area contributed by atoms with Crippen molar-refractivity contribution < 1.29 is 13.3 Å². The maximum Gasteiger partial charge on any atom is 0.258 e. The van der Waals surface area contributed by atoms with Crippen LogP contribution in [0.3, 0.4) is 0 Å². The largest absolute Gasteiger partial charge is 0.264 e. The third kappa shape index (κ3) is 5.28. The first kappa shape index (κ1) is 22.9. The van der Waals surface area contributed by atoms with Crippen molar-refractivity contribution >= 4 is 31.5 Å². The standard InChI is InChI=1S/C23H21BrN2O4S/c1-16-12-14-19(15-13-16)31(29,30)25-22(20-10-6-7-11-21(20)24)23(26(27)28)17(2)18-8-4-3-5-9-18/h3-15,22-23,25H,2H2,1H3/t22-,23-/m1/s1. The molecule has 0 unspecified atom stereocenters. The lowest BCUT2D eigenvalue weighted by atomic mass is 9.91. The van der Waals surface area contributed by atoms with E-state index < -0.39 is 27.0 Å². The molecule has 2 atom stereocenters. The second-order valence-electron chi connectivity index (χ2n) is 7.05. The van der Waals surface area contributed by atoms with Gasteiger partial charge in [0, 0.05) is 15.0 Å². The molecule has 160 valence electrons. The molecule has 3 aromatic carbocycles. The molecule has 0 saturated carbocycles. The first-order chi connectivity index (χ1) is 14.7. The lowest BCUT2D eigenvalue weighted by Crippen LogP contribution is -2.41. The van der Waals surface area contributed by atoms with E-state index in [9.17, 15) is 18.5 Å². The van der Waals surface area contributed by atoms with Crippen LogP contribution in [-0.4, -0.2) is 19.4 Å². The van der Waals surface area contributed by atoms with Crippen molar-refractivity contribution in [2.45, 2.75) is 23.9 Å². The second kappa shape index (κ2) is 9.55. The van der Waals surface area contributed by atoms with Crippen molar-refractivity contribution in [3.63, 3.8) is 0 Å². The maximum absolute atomic E-state index is 13.1. The predicted octanol–water partition coefficient (Wildman–Crippen LogP) is 5.14. The van der Waals surface area contributed by atoms with E-state index in [-0.39, 0.29) is 10.5 Å². The van der Waals surface area contributed by atoms with Gasteiger partial charge in [-0.3, -0.25) is 10.1 Å². The number of rotatable bonds is 8. The van der Waals surface area contributed by atoms with Crippen molar-refractivity contribution in [3.05, 3.63) is 117 Å². The Hall–Kier alpha value is -2.81. The highest BCUT2D eigenvalue weighted by Crippen LogP contribution is 2.34. The van der Waals surface area contributed by atoms with Crippen LogP contribution in [0.5, 0.6) is 0 Å². The van der Waals surface area contributed by atoms with Crippen LogP contribution in [0.4, 0.5) is 0 Å². The van der Waals surface area contributed by atoms with E-state index in [4.69, 9.17) is 0 Å². The van der Waals surface area contributed by atoms with Gasteiger partial charge >= 0.3 is 0 Å². The average molecular weight is 501 g/mol. The predicted molar refractivity (Wildman–Crippen MR) is 125 cm³/mol. The molecule has 0 bridgehead atoms. The number of nitro groups is 1. The van der Waals surface area contributed by atoms with Crippen LogP contribution < -0.4 is 4.72 Å². The van der Waals surface area contributed by atoms with E-state index in [2.05, 4.69) is 27.2 Å². The molecule has 0 amide bonds. The van der Waals surface area contributed by atoms with Crippen LogP contribution in [0, 0.1) is 17.0 Å². The fourth-order valence-electron chi connectivity index (χ4n) is 3.25. The fraction of sp³-hybridized carbons (Fsp3) is 0.130. The zero-order valence-electron chi connectivity index (χ0n) is 16.7. The summed E-state index contributed by atoms with van der Waals surface area (Å²) in [6.07, 6.45) is 0. The molecule has 0 aliphatic rings. The number of halogens is 1. The number of nitrogens with one attached hydrogen (secondary N) is 1. The summed E-state index contributed by atoms with van der Waals surface area (Å²) in [5.41, 5.74) is 2.12. The Kier molecular flexibility index (Phi) is 7.04. The topological polar surface area (TPSA) is 89.3 Å². The number of benzene rings is 3. The summed E-state index contributed by atoms with van der Waals surface area (Å²) in [6, 6.07) is 19.2. The van der Waals surface area contributed by atoms with Crippen LogP contribution in [-0.2, 0) is 10.0 Å². The third-order valence-electron chi connectivity index (χ3n) is 4.90. The Labute approximate surface area is 190 Å². The molecule has 0 aliphatic carbocycles. The van der Waals surface area contributed by atoms with Gasteiger partial charge in [-0.05, 0) is 36.2 Å². The van der Waals surface area contributed by atoms with Crippen molar-refractivity contribution in [1.82, 2.24) is 4.72 Å². The molecule has 0 fully saturated rings. The van der Waals surface area contributed by atoms with Crippen LogP contribution in [0.25, 0.3) is 5.57 Å². The number of nitrogens with zero attached hydrogens (tertiary/aromatic N) is 1. The quantitative estimate of drug-likeness (QED) is 0.342. The normalized spacial score (nSPS) is 13.4. The smallest absolute Gasteiger partial charge is 0.258 e. The number of aryl methyl sites for hydroxylation is 1. The van der Waals surface area contributed by atoms with E-state index in [0.29, 0.717) is 15.6 Å². The summed E-state index contributed by atoms with van der Waals surface area (Å²) in [7, 11) is -4.05. The summed E-state index contributed by atoms with van der Waals surface area (Å²) in [4.78, 5) is 11.7. The van der Waals surface area contributed by atoms with Gasteiger partial charge < -0.3 is 0 Å². The summed E-state index contributed by atoms with van der Waals surface area (Å²) in [6.45, 7) is 5.79. The summed E-state index contributed by atoms with van der Waals surface area (Å²) in [5.74, 6) is 0. The number of sulfonamides is 1. The van der Waals surface area contributed by atoms with Gasteiger partial charge in [0.25, 0.3) is 6.04 Å². The molecule has 0 saturated heterocycles. The number of hydrogen-bond acceptors (Lipinski definition) is 4.